The lowest BCUT2D eigenvalue weighted by Crippen LogP contribution is -2.46. The highest BCUT2D eigenvalue weighted by molar-refractivity contribution is 7.90. The number of nitrogens with zero attached hydrogens (tertiary/aromatic N) is 3. The van der Waals surface area contributed by atoms with Gasteiger partial charge in [0.1, 0.15) is 0 Å². The number of halogens is 1. The van der Waals surface area contributed by atoms with E-state index in [0.717, 1.165) is 16.5 Å². The van der Waals surface area contributed by atoms with E-state index in [1.165, 1.54) is 28.9 Å². The molecule has 0 aliphatic carbocycles. The number of benzene rings is 4. The van der Waals surface area contributed by atoms with Crippen LogP contribution in [0.1, 0.15) is 43.2 Å². The summed E-state index contributed by atoms with van der Waals surface area (Å²) in [6.45, 7) is 3.51. The lowest BCUT2D eigenvalue weighted by Gasteiger charge is -2.36. The van der Waals surface area contributed by atoms with Gasteiger partial charge in [0, 0.05) is 12.1 Å². The molecule has 11 heteroatoms. The van der Waals surface area contributed by atoms with E-state index in [1.54, 1.807) is 43.0 Å². The summed E-state index contributed by atoms with van der Waals surface area (Å²) in [5, 5.41) is 16.8. The number of rotatable bonds is 6. The van der Waals surface area contributed by atoms with Crippen molar-refractivity contribution in [3.8, 4) is 5.69 Å². The van der Waals surface area contributed by atoms with Gasteiger partial charge in [-0.2, -0.15) is 5.10 Å². The maximum absolute atomic E-state index is 14.3. The molecule has 224 valence electrons. The Bertz CT molecular complexity index is 2060. The van der Waals surface area contributed by atoms with Crippen LogP contribution in [0, 0.1) is 13.8 Å². The first-order valence-electron chi connectivity index (χ1n) is 14.0. The largest absolute Gasteiger partial charge is 0.394 e. The molecule has 1 atom stereocenters. The molecule has 1 aliphatic rings. The molecule has 44 heavy (non-hydrogen) atoms. The molecule has 6 rings (SSSR count). The second-order valence-corrected chi connectivity index (χ2v) is 12.9. The average molecular weight is 629 g/mol. The van der Waals surface area contributed by atoms with Crippen LogP contribution in [0.3, 0.4) is 0 Å². The van der Waals surface area contributed by atoms with Gasteiger partial charge in [0.2, 0.25) is 0 Å². The van der Waals surface area contributed by atoms with Gasteiger partial charge < -0.3 is 10.0 Å². The minimum Gasteiger partial charge on any atom is -0.394 e. The molecule has 0 fully saturated rings. The number of hydrogen-bond donors (Lipinski definition) is 2. The molecule has 1 aliphatic heterocycles. The highest BCUT2D eigenvalue weighted by Crippen LogP contribution is 2.30. The fourth-order valence-corrected chi connectivity index (χ4v) is 6.74. The molecule has 2 heterocycles. The molecule has 0 unspecified atom stereocenters. The van der Waals surface area contributed by atoms with E-state index in [-0.39, 0.29) is 29.2 Å². The van der Waals surface area contributed by atoms with E-state index in [0.29, 0.717) is 33.9 Å². The number of fused-ring (bicyclic) bond motifs is 2. The third-order valence-corrected chi connectivity index (χ3v) is 9.88. The van der Waals surface area contributed by atoms with Gasteiger partial charge in [-0.3, -0.25) is 9.59 Å². The summed E-state index contributed by atoms with van der Waals surface area (Å²) in [6.07, 6.45) is 0.462. The van der Waals surface area contributed by atoms with Crippen molar-refractivity contribution in [2.45, 2.75) is 37.8 Å². The third-order valence-electron chi connectivity index (χ3n) is 8.01. The molecule has 1 aromatic heterocycles. The predicted molar refractivity (Wildman–Crippen MR) is 168 cm³/mol. The summed E-state index contributed by atoms with van der Waals surface area (Å²) in [6, 6.07) is 23.5. The molecule has 0 saturated carbocycles. The van der Waals surface area contributed by atoms with E-state index in [4.69, 9.17) is 11.6 Å². The van der Waals surface area contributed by atoms with Crippen LogP contribution in [0.2, 0.25) is 5.02 Å². The Kier molecular flexibility index (Phi) is 7.75. The molecule has 0 spiro atoms. The maximum Gasteiger partial charge on any atom is 0.265 e. The van der Waals surface area contributed by atoms with Gasteiger partial charge in [0.05, 0.1) is 45.2 Å². The monoisotopic (exact) mass is 628 g/mol. The van der Waals surface area contributed by atoms with E-state index in [2.05, 4.69) is 9.82 Å². The number of hydrogen-bond acceptors (Lipinski definition) is 6. The molecule has 9 nitrogen and oxygen atoms in total. The zero-order valence-corrected chi connectivity index (χ0v) is 25.6. The van der Waals surface area contributed by atoms with E-state index < -0.39 is 27.9 Å². The molecule has 4 aromatic carbocycles. The van der Waals surface area contributed by atoms with Crippen molar-refractivity contribution in [3.05, 3.63) is 124 Å². The first-order valence-corrected chi connectivity index (χ1v) is 15.8. The van der Waals surface area contributed by atoms with Crippen LogP contribution >= 0.6 is 11.6 Å². The highest BCUT2D eigenvalue weighted by atomic mass is 35.5. The smallest absolute Gasteiger partial charge is 0.265 e. The Morgan fingerprint density at radius 2 is 1.66 bits per heavy atom. The molecular weight excluding hydrogens is 600 g/mol. The third kappa shape index (κ3) is 5.36. The number of aromatic nitrogens is 2. The molecule has 0 bridgehead atoms. The first-order chi connectivity index (χ1) is 21.1. The van der Waals surface area contributed by atoms with Gasteiger partial charge in [0.15, 0.2) is 0 Å². The minimum atomic E-state index is -4.23. The SMILES string of the molecule is Cc1nn(-c2ccc(C(=O)NS(=O)(=O)c3ccc4ccccc4c3)cc2C(=O)N2Cc3ccccc3C[C@H]2CO)c(C)c1Cl. The lowest BCUT2D eigenvalue weighted by atomic mass is 9.93. The lowest BCUT2D eigenvalue weighted by molar-refractivity contribution is 0.0544. The fourth-order valence-electron chi connectivity index (χ4n) is 5.61. The van der Waals surface area contributed by atoms with E-state index in [9.17, 15) is 23.1 Å². The number of aliphatic hydroxyl groups is 1. The number of nitrogens with one attached hydrogen (secondary N) is 1. The Hall–Kier alpha value is -4.51. The average Bonchev–Trinajstić information content (AvgIpc) is 3.29. The number of aryl methyl sites for hydroxylation is 1. The second kappa shape index (κ2) is 11.5. The van der Waals surface area contributed by atoms with Crippen LogP contribution in [0.5, 0.6) is 0 Å². The minimum absolute atomic E-state index is 0.0351. The summed E-state index contributed by atoms with van der Waals surface area (Å²) in [5.41, 5.74) is 3.60. The summed E-state index contributed by atoms with van der Waals surface area (Å²) in [5.74, 6) is -1.34. The molecular formula is C33H29ClN4O5S. The Morgan fingerprint density at radius 1 is 0.955 bits per heavy atom. The van der Waals surface area contributed by atoms with Gasteiger partial charge in [-0.05, 0) is 72.5 Å². The molecule has 0 saturated heterocycles. The zero-order chi connectivity index (χ0) is 31.2. The van der Waals surface area contributed by atoms with Crippen LogP contribution in [-0.4, -0.2) is 52.7 Å². The van der Waals surface area contributed by atoms with Gasteiger partial charge in [-0.1, -0.05) is 66.2 Å². The summed E-state index contributed by atoms with van der Waals surface area (Å²) in [7, 11) is -4.23. The van der Waals surface area contributed by atoms with Crippen molar-refractivity contribution in [2.75, 3.05) is 6.61 Å². The fraction of sp³-hybridized carbons (Fsp3) is 0.182. The van der Waals surface area contributed by atoms with Gasteiger partial charge >= 0.3 is 0 Å². The van der Waals surface area contributed by atoms with Crippen molar-refractivity contribution in [2.24, 2.45) is 0 Å². The Morgan fingerprint density at radius 3 is 2.36 bits per heavy atom. The van der Waals surface area contributed by atoms with Crippen molar-refractivity contribution in [1.82, 2.24) is 19.4 Å². The Balaban J connectivity index is 1.39. The number of amides is 2. The van der Waals surface area contributed by atoms with Crippen molar-refractivity contribution >= 4 is 44.2 Å². The standard InChI is InChI=1S/C33H29ClN4O5S/c1-20-31(34)21(2)38(35-20)30-14-12-25(32(40)36-44(42,43)28-13-11-22-7-3-4-9-24(22)16-28)17-29(30)33(41)37-18-26-10-6-5-8-23(26)15-27(37)19-39/h3-14,16-17,27,39H,15,18-19H2,1-2H3,(H,36,40)/t27-/m0/s1. The second-order valence-electron chi connectivity index (χ2n) is 10.8. The molecule has 2 N–H and O–H groups in total. The molecule has 0 radical (unpaired) electrons. The number of carbonyl (C=O) groups excluding carboxylic acids is 2. The van der Waals surface area contributed by atoms with E-state index in [1.807, 2.05) is 36.4 Å². The maximum atomic E-state index is 14.3. The zero-order valence-electron chi connectivity index (χ0n) is 24.0. The van der Waals surface area contributed by atoms with Crippen LogP contribution in [0.15, 0.2) is 89.8 Å². The predicted octanol–water partition coefficient (Wildman–Crippen LogP) is 4.97. The summed E-state index contributed by atoms with van der Waals surface area (Å²) in [4.78, 5) is 29.2. The highest BCUT2D eigenvalue weighted by Gasteiger charge is 2.32. The van der Waals surface area contributed by atoms with Gasteiger partial charge in [-0.25, -0.2) is 17.8 Å². The topological polar surface area (TPSA) is 122 Å². The Labute approximate surface area is 259 Å². The van der Waals surface area contributed by atoms with Crippen LogP contribution in [0.4, 0.5) is 0 Å². The number of aliphatic hydroxyl groups excluding tert-OH is 1. The van der Waals surface area contributed by atoms with E-state index >= 15 is 0 Å². The number of carbonyl (C=O) groups is 2. The number of sulfonamides is 1. The van der Waals surface area contributed by atoms with Gasteiger partial charge in [0.25, 0.3) is 21.8 Å². The summed E-state index contributed by atoms with van der Waals surface area (Å²) < 4.78 is 30.1. The summed E-state index contributed by atoms with van der Waals surface area (Å²) >= 11 is 6.44. The quantitative estimate of drug-likeness (QED) is 0.274. The van der Waals surface area contributed by atoms with Crippen molar-refractivity contribution in [1.29, 1.82) is 0 Å². The van der Waals surface area contributed by atoms with Crippen LogP contribution < -0.4 is 4.72 Å². The van der Waals surface area contributed by atoms with Crippen LogP contribution in [-0.2, 0) is 23.0 Å². The van der Waals surface area contributed by atoms with Crippen molar-refractivity contribution in [3.63, 3.8) is 0 Å². The normalized spacial score (nSPS) is 14.8. The van der Waals surface area contributed by atoms with Crippen LogP contribution in [0.25, 0.3) is 16.5 Å². The first kappa shape index (κ1) is 29.6. The molecule has 2 amide bonds. The van der Waals surface area contributed by atoms with Crippen molar-refractivity contribution < 1.29 is 23.1 Å². The van der Waals surface area contributed by atoms with Gasteiger partial charge in [-0.15, -0.1) is 0 Å². The molecule has 5 aromatic rings.